The molecule has 0 atom stereocenters. The van der Waals surface area contributed by atoms with E-state index in [0.717, 1.165) is 31.2 Å². The van der Waals surface area contributed by atoms with Gasteiger partial charge in [0, 0.05) is 0 Å². The molecule has 1 aromatic rings. The highest BCUT2D eigenvalue weighted by atomic mass is 16.3. The summed E-state index contributed by atoms with van der Waals surface area (Å²) in [5, 5.41) is 10.9. The first-order valence-electron chi connectivity index (χ1n) is 7.46. The lowest BCUT2D eigenvalue weighted by atomic mass is 9.68. The van der Waals surface area contributed by atoms with Gasteiger partial charge >= 0.3 is 0 Å². The fraction of sp³-hybridized carbons (Fsp3) is 0.667. The molecular formula is C18H28O. The first-order valence-corrected chi connectivity index (χ1v) is 7.46. The predicted molar refractivity (Wildman–Crippen MR) is 81.3 cm³/mol. The smallest absolute Gasteiger partial charge is 0.0897 e. The highest BCUT2D eigenvalue weighted by molar-refractivity contribution is 5.31. The molecule has 1 aliphatic rings. The van der Waals surface area contributed by atoms with E-state index in [1.165, 1.54) is 5.56 Å². The Kier molecular flexibility index (Phi) is 3.55. The first-order chi connectivity index (χ1) is 8.62. The predicted octanol–water partition coefficient (Wildman–Crippen LogP) is 4.77. The Hall–Kier alpha value is -0.820. The van der Waals surface area contributed by atoms with Gasteiger partial charge in [-0.2, -0.15) is 0 Å². The Bertz CT molecular complexity index is 424. The highest BCUT2D eigenvalue weighted by Crippen LogP contribution is 2.45. The van der Waals surface area contributed by atoms with Gasteiger partial charge in [-0.25, -0.2) is 0 Å². The molecule has 19 heavy (non-hydrogen) atoms. The lowest BCUT2D eigenvalue weighted by Gasteiger charge is -2.40. The van der Waals surface area contributed by atoms with Crippen LogP contribution in [0.15, 0.2) is 24.3 Å². The molecule has 2 rings (SSSR count). The molecule has 0 amide bonds. The fourth-order valence-corrected chi connectivity index (χ4v) is 2.91. The summed E-state index contributed by atoms with van der Waals surface area (Å²) < 4.78 is 0. The molecule has 106 valence electrons. The van der Waals surface area contributed by atoms with Crippen molar-refractivity contribution in [1.82, 2.24) is 0 Å². The molecule has 0 aliphatic heterocycles. The van der Waals surface area contributed by atoms with E-state index in [9.17, 15) is 5.11 Å². The van der Waals surface area contributed by atoms with Crippen LogP contribution in [0.5, 0.6) is 0 Å². The summed E-state index contributed by atoms with van der Waals surface area (Å²) in [6, 6.07) is 8.60. The van der Waals surface area contributed by atoms with Crippen LogP contribution in [0.25, 0.3) is 0 Å². The molecule has 0 saturated heterocycles. The minimum Gasteiger partial charge on any atom is -0.385 e. The lowest BCUT2D eigenvalue weighted by Crippen LogP contribution is -2.34. The second-order valence-corrected chi connectivity index (χ2v) is 8.02. The van der Waals surface area contributed by atoms with Crippen LogP contribution in [0.3, 0.4) is 0 Å². The minimum absolute atomic E-state index is 0.176. The number of benzene rings is 1. The zero-order valence-electron chi connectivity index (χ0n) is 13.1. The zero-order valence-corrected chi connectivity index (χ0v) is 13.1. The monoisotopic (exact) mass is 260 g/mol. The maximum absolute atomic E-state index is 10.9. The topological polar surface area (TPSA) is 20.2 Å². The molecule has 0 unspecified atom stereocenters. The summed E-state index contributed by atoms with van der Waals surface area (Å²) in [6.45, 7) is 11.3. The zero-order chi connectivity index (χ0) is 14.3. The van der Waals surface area contributed by atoms with E-state index in [2.05, 4.69) is 58.9 Å². The van der Waals surface area contributed by atoms with Crippen molar-refractivity contribution in [2.75, 3.05) is 0 Å². The summed E-state index contributed by atoms with van der Waals surface area (Å²) in [4.78, 5) is 0. The molecule has 1 saturated carbocycles. The van der Waals surface area contributed by atoms with E-state index in [1.54, 1.807) is 0 Å². The average molecular weight is 260 g/mol. The number of rotatable bonds is 1. The molecule has 1 aromatic carbocycles. The van der Waals surface area contributed by atoms with Crippen LogP contribution in [-0.2, 0) is 11.0 Å². The van der Waals surface area contributed by atoms with E-state index in [4.69, 9.17) is 0 Å². The van der Waals surface area contributed by atoms with Crippen molar-refractivity contribution >= 4 is 0 Å². The Morgan fingerprint density at radius 2 is 1.37 bits per heavy atom. The number of hydrogen-bond donors (Lipinski definition) is 1. The number of aliphatic hydroxyl groups is 1. The molecule has 1 nitrogen and oxygen atoms in total. The fourth-order valence-electron chi connectivity index (χ4n) is 2.91. The largest absolute Gasteiger partial charge is 0.385 e. The van der Waals surface area contributed by atoms with Crippen LogP contribution in [0, 0.1) is 5.41 Å². The molecule has 0 heterocycles. The van der Waals surface area contributed by atoms with Crippen molar-refractivity contribution in [3.63, 3.8) is 0 Å². The molecular weight excluding hydrogens is 232 g/mol. The van der Waals surface area contributed by atoms with Crippen molar-refractivity contribution in [3.8, 4) is 0 Å². The number of hydrogen-bond acceptors (Lipinski definition) is 1. The van der Waals surface area contributed by atoms with Gasteiger partial charge in [0.1, 0.15) is 0 Å². The van der Waals surface area contributed by atoms with E-state index >= 15 is 0 Å². The van der Waals surface area contributed by atoms with Gasteiger partial charge in [-0.15, -0.1) is 0 Å². The second kappa shape index (κ2) is 4.63. The Balaban J connectivity index is 2.19. The summed E-state index contributed by atoms with van der Waals surface area (Å²) in [5.74, 6) is 0. The van der Waals surface area contributed by atoms with Crippen LogP contribution in [0.4, 0.5) is 0 Å². The third-order valence-electron chi connectivity index (χ3n) is 4.72. The molecule has 1 N–H and O–H groups in total. The third-order valence-corrected chi connectivity index (χ3v) is 4.72. The third kappa shape index (κ3) is 3.20. The molecule has 0 radical (unpaired) electrons. The van der Waals surface area contributed by atoms with Crippen LogP contribution in [-0.4, -0.2) is 5.11 Å². The van der Waals surface area contributed by atoms with Gasteiger partial charge in [-0.1, -0.05) is 58.9 Å². The maximum Gasteiger partial charge on any atom is 0.0897 e. The quantitative estimate of drug-likeness (QED) is 0.771. The molecule has 0 aromatic heterocycles. The van der Waals surface area contributed by atoms with E-state index in [0.29, 0.717) is 5.41 Å². The van der Waals surface area contributed by atoms with Crippen LogP contribution in [0.1, 0.15) is 71.4 Å². The lowest BCUT2D eigenvalue weighted by molar-refractivity contribution is -0.0305. The normalized spacial score (nSPS) is 22.2. The Labute approximate surface area is 118 Å². The Morgan fingerprint density at radius 3 is 1.79 bits per heavy atom. The van der Waals surface area contributed by atoms with Gasteiger partial charge in [0.2, 0.25) is 0 Å². The van der Waals surface area contributed by atoms with Gasteiger partial charge in [0.15, 0.2) is 0 Å². The average Bonchev–Trinajstić information content (AvgIpc) is 2.33. The minimum atomic E-state index is -0.605. The molecule has 0 spiro atoms. The Morgan fingerprint density at radius 1 is 0.895 bits per heavy atom. The van der Waals surface area contributed by atoms with E-state index in [1.807, 2.05) is 0 Å². The van der Waals surface area contributed by atoms with Gasteiger partial charge in [-0.05, 0) is 47.6 Å². The summed E-state index contributed by atoms with van der Waals surface area (Å²) in [6.07, 6.45) is 3.97. The van der Waals surface area contributed by atoms with Crippen molar-refractivity contribution in [2.45, 2.75) is 71.3 Å². The van der Waals surface area contributed by atoms with E-state index in [-0.39, 0.29) is 5.41 Å². The second-order valence-electron chi connectivity index (χ2n) is 8.02. The van der Waals surface area contributed by atoms with Crippen LogP contribution < -0.4 is 0 Å². The molecule has 1 heteroatoms. The molecule has 1 fully saturated rings. The highest BCUT2D eigenvalue weighted by Gasteiger charge is 2.37. The summed E-state index contributed by atoms with van der Waals surface area (Å²) in [7, 11) is 0. The standard InChI is InChI=1S/C18H28O/c1-16(2,3)14-6-8-15(9-7-14)18(19)12-10-17(4,5)11-13-18/h6-9,19H,10-13H2,1-5H3. The summed E-state index contributed by atoms with van der Waals surface area (Å²) in [5.41, 5.74) is 2.38. The molecule has 1 aliphatic carbocycles. The first kappa shape index (κ1) is 14.6. The van der Waals surface area contributed by atoms with Gasteiger partial charge in [-0.3, -0.25) is 0 Å². The van der Waals surface area contributed by atoms with Crippen molar-refractivity contribution in [2.24, 2.45) is 5.41 Å². The summed E-state index contributed by atoms with van der Waals surface area (Å²) >= 11 is 0. The van der Waals surface area contributed by atoms with Gasteiger partial charge in [0.05, 0.1) is 5.60 Å². The van der Waals surface area contributed by atoms with E-state index < -0.39 is 5.60 Å². The van der Waals surface area contributed by atoms with Crippen molar-refractivity contribution < 1.29 is 5.11 Å². The maximum atomic E-state index is 10.9. The van der Waals surface area contributed by atoms with Gasteiger partial charge < -0.3 is 5.11 Å². The SMILES string of the molecule is CC1(C)CCC(O)(c2ccc(C(C)(C)C)cc2)CC1. The van der Waals surface area contributed by atoms with Crippen molar-refractivity contribution in [3.05, 3.63) is 35.4 Å². The van der Waals surface area contributed by atoms with Gasteiger partial charge in [0.25, 0.3) is 0 Å². The molecule has 0 bridgehead atoms. The van der Waals surface area contributed by atoms with Crippen LogP contribution in [0.2, 0.25) is 0 Å². The van der Waals surface area contributed by atoms with Crippen LogP contribution >= 0.6 is 0 Å². The van der Waals surface area contributed by atoms with Crippen molar-refractivity contribution in [1.29, 1.82) is 0 Å².